The normalized spacial score (nSPS) is 15.9. The monoisotopic (exact) mass is 469 g/mol. The lowest BCUT2D eigenvalue weighted by Crippen LogP contribution is -2.28. The lowest BCUT2D eigenvalue weighted by atomic mass is 10.2. The van der Waals surface area contributed by atoms with Crippen LogP contribution < -0.4 is 19.2 Å². The predicted molar refractivity (Wildman–Crippen MR) is 122 cm³/mol. The van der Waals surface area contributed by atoms with Crippen molar-refractivity contribution in [3.63, 3.8) is 0 Å². The number of carbonyl (C=O) groups excluding carboxylic acids is 3. The number of imide groups is 1. The zero-order valence-electron chi connectivity index (χ0n) is 17.2. The van der Waals surface area contributed by atoms with E-state index in [-0.39, 0.29) is 37.4 Å². The molecule has 0 bridgehead atoms. The van der Waals surface area contributed by atoms with Gasteiger partial charge in [0.2, 0.25) is 18.6 Å². The molecular weight excluding hydrogens is 450 g/mol. The number of hydrogen-bond donors (Lipinski definition) is 0. The molecule has 0 atom stereocenters. The van der Waals surface area contributed by atoms with Crippen LogP contribution in [0, 0.1) is 0 Å². The molecule has 0 aliphatic carbocycles. The fourth-order valence-corrected chi connectivity index (χ4v) is 5.14. The molecule has 0 radical (unpaired) electrons. The van der Waals surface area contributed by atoms with Crippen LogP contribution in [0.15, 0.2) is 41.4 Å². The Balaban J connectivity index is 1.49. The Bertz CT molecular complexity index is 1290. The van der Waals surface area contributed by atoms with Gasteiger partial charge in [-0.15, -0.1) is 0 Å². The number of aromatic nitrogens is 1. The second kappa shape index (κ2) is 8.44. The number of rotatable bonds is 5. The van der Waals surface area contributed by atoms with Crippen molar-refractivity contribution in [3.8, 4) is 11.5 Å². The number of benzene rings is 2. The van der Waals surface area contributed by atoms with Crippen LogP contribution in [0.2, 0.25) is 0 Å². The number of anilines is 1. The molecule has 0 unspecified atom stereocenters. The van der Waals surface area contributed by atoms with Crippen LogP contribution in [-0.4, -0.2) is 41.1 Å². The molecule has 1 aromatic heterocycles. The number of thioether (sulfide) groups is 1. The van der Waals surface area contributed by atoms with Crippen molar-refractivity contribution >= 4 is 56.7 Å². The number of hydrogen-bond acceptors (Lipinski definition) is 7. The van der Waals surface area contributed by atoms with Crippen molar-refractivity contribution in [3.05, 3.63) is 46.8 Å². The van der Waals surface area contributed by atoms with Crippen LogP contribution in [0.3, 0.4) is 0 Å². The number of nitrogens with zero attached hydrogens (tertiary/aromatic N) is 3. The molecule has 1 saturated heterocycles. The molecule has 3 amide bonds. The summed E-state index contributed by atoms with van der Waals surface area (Å²) in [5, 5.41) is 0. The summed E-state index contributed by atoms with van der Waals surface area (Å²) in [6, 6.07) is 10.2. The van der Waals surface area contributed by atoms with E-state index in [1.54, 1.807) is 36.0 Å². The number of ether oxygens (including phenoxy) is 2. The van der Waals surface area contributed by atoms with E-state index in [1.807, 2.05) is 23.0 Å². The van der Waals surface area contributed by atoms with Crippen LogP contribution in [0.4, 0.5) is 5.69 Å². The molecule has 2 aliphatic heterocycles. The maximum absolute atomic E-state index is 12.9. The minimum atomic E-state index is -0.389. The van der Waals surface area contributed by atoms with Crippen LogP contribution in [-0.2, 0) is 16.1 Å². The lowest BCUT2D eigenvalue weighted by Gasteiger charge is -2.13. The smallest absolute Gasteiger partial charge is 0.279 e. The van der Waals surface area contributed by atoms with Gasteiger partial charge in [-0.1, -0.05) is 11.3 Å². The summed E-state index contributed by atoms with van der Waals surface area (Å²) in [4.78, 5) is 42.9. The van der Waals surface area contributed by atoms with Gasteiger partial charge in [0, 0.05) is 42.8 Å². The number of thiazole rings is 1. The van der Waals surface area contributed by atoms with Gasteiger partial charge in [-0.2, -0.15) is 16.8 Å². The number of amides is 3. The summed E-state index contributed by atoms with van der Waals surface area (Å²) in [6.45, 7) is 0.906. The summed E-state index contributed by atoms with van der Waals surface area (Å²) in [7, 11) is 0. The highest BCUT2D eigenvalue weighted by Gasteiger charge is 2.30. The zero-order valence-corrected chi connectivity index (χ0v) is 18.8. The highest BCUT2D eigenvalue weighted by atomic mass is 32.2. The van der Waals surface area contributed by atoms with Gasteiger partial charge in [0.25, 0.3) is 5.91 Å². The minimum Gasteiger partial charge on any atom is -0.454 e. The summed E-state index contributed by atoms with van der Waals surface area (Å²) in [5.74, 6) is 1.41. The van der Waals surface area contributed by atoms with E-state index in [1.165, 1.54) is 11.3 Å². The summed E-state index contributed by atoms with van der Waals surface area (Å²) >= 11 is 3.13. The molecule has 3 aromatic rings. The molecule has 10 heteroatoms. The molecule has 0 N–H and O–H groups in total. The van der Waals surface area contributed by atoms with Gasteiger partial charge in [0.05, 0.1) is 15.9 Å². The van der Waals surface area contributed by atoms with E-state index in [4.69, 9.17) is 9.47 Å². The van der Waals surface area contributed by atoms with Crippen LogP contribution in [0.1, 0.15) is 23.2 Å². The van der Waals surface area contributed by atoms with Crippen LogP contribution >= 0.6 is 23.1 Å². The Hall–Kier alpha value is -3.11. The molecule has 3 heterocycles. The lowest BCUT2D eigenvalue weighted by molar-refractivity contribution is -0.121. The molecule has 0 saturated carbocycles. The van der Waals surface area contributed by atoms with Gasteiger partial charge in [-0.05, 0) is 30.5 Å². The number of fused-ring (bicyclic) bond motifs is 2. The van der Waals surface area contributed by atoms with E-state index in [9.17, 15) is 14.4 Å². The number of carbonyl (C=O) groups is 3. The first-order chi connectivity index (χ1) is 15.5. The fourth-order valence-electron chi connectivity index (χ4n) is 3.71. The second-order valence-electron chi connectivity index (χ2n) is 7.29. The first kappa shape index (κ1) is 20.8. The summed E-state index contributed by atoms with van der Waals surface area (Å²) < 4.78 is 14.0. The van der Waals surface area contributed by atoms with E-state index < -0.39 is 0 Å². The Morgan fingerprint density at radius 1 is 1.09 bits per heavy atom. The van der Waals surface area contributed by atoms with Crippen molar-refractivity contribution in [2.75, 3.05) is 23.7 Å². The number of aryl methyl sites for hydroxylation is 1. The molecule has 0 spiro atoms. The van der Waals surface area contributed by atoms with Crippen LogP contribution in [0.5, 0.6) is 11.5 Å². The van der Waals surface area contributed by atoms with Gasteiger partial charge in [0.1, 0.15) is 0 Å². The molecular formula is C22H19N3O5S2. The minimum absolute atomic E-state index is 0.206. The van der Waals surface area contributed by atoms with Crippen molar-refractivity contribution in [1.82, 2.24) is 4.57 Å². The molecule has 164 valence electrons. The van der Waals surface area contributed by atoms with Crippen LogP contribution in [0.25, 0.3) is 10.2 Å². The van der Waals surface area contributed by atoms with E-state index in [0.717, 1.165) is 20.9 Å². The van der Waals surface area contributed by atoms with Crippen molar-refractivity contribution in [2.45, 2.75) is 19.4 Å². The molecule has 2 aliphatic rings. The molecule has 1 fully saturated rings. The SMILES string of the molecule is CSCCn1c(=NC(=O)c2ccc(N3C(=O)CCC3=O)cc2)sc2cc3c(cc21)OCO3. The highest BCUT2D eigenvalue weighted by Crippen LogP contribution is 2.37. The Labute approximate surface area is 191 Å². The average Bonchev–Trinajstić information content (AvgIpc) is 3.47. The largest absolute Gasteiger partial charge is 0.454 e. The first-order valence-electron chi connectivity index (χ1n) is 10.0. The third kappa shape index (κ3) is 3.69. The van der Waals surface area contributed by atoms with Gasteiger partial charge < -0.3 is 14.0 Å². The third-order valence-electron chi connectivity index (χ3n) is 5.32. The molecule has 8 nitrogen and oxygen atoms in total. The Morgan fingerprint density at radius 3 is 2.47 bits per heavy atom. The van der Waals surface area contributed by atoms with Gasteiger partial charge >= 0.3 is 0 Å². The van der Waals surface area contributed by atoms with Gasteiger partial charge in [0.15, 0.2) is 16.3 Å². The Morgan fingerprint density at radius 2 is 1.78 bits per heavy atom. The zero-order chi connectivity index (χ0) is 22.2. The maximum Gasteiger partial charge on any atom is 0.279 e. The second-order valence-corrected chi connectivity index (χ2v) is 9.28. The van der Waals surface area contributed by atoms with E-state index >= 15 is 0 Å². The predicted octanol–water partition coefficient (Wildman–Crippen LogP) is 3.19. The molecule has 5 rings (SSSR count). The third-order valence-corrected chi connectivity index (χ3v) is 6.95. The Kier molecular flexibility index (Phi) is 5.48. The summed E-state index contributed by atoms with van der Waals surface area (Å²) in [5.41, 5.74) is 1.80. The topological polar surface area (TPSA) is 90.2 Å². The van der Waals surface area contributed by atoms with Crippen molar-refractivity contribution < 1.29 is 23.9 Å². The maximum atomic E-state index is 12.9. The van der Waals surface area contributed by atoms with E-state index in [2.05, 4.69) is 4.99 Å². The average molecular weight is 470 g/mol. The first-order valence-corrected chi connectivity index (χ1v) is 12.2. The van der Waals surface area contributed by atoms with Gasteiger partial charge in [-0.25, -0.2) is 0 Å². The highest BCUT2D eigenvalue weighted by molar-refractivity contribution is 7.98. The molecule has 32 heavy (non-hydrogen) atoms. The quantitative estimate of drug-likeness (QED) is 0.533. The van der Waals surface area contributed by atoms with Crippen molar-refractivity contribution in [1.29, 1.82) is 0 Å². The summed E-state index contributed by atoms with van der Waals surface area (Å²) in [6.07, 6.45) is 2.47. The van der Waals surface area contributed by atoms with E-state index in [0.29, 0.717) is 34.1 Å². The molecule has 2 aromatic carbocycles. The fraction of sp³-hybridized carbons (Fsp3) is 0.273. The van der Waals surface area contributed by atoms with Crippen molar-refractivity contribution in [2.24, 2.45) is 4.99 Å². The standard InChI is InChI=1S/C22H19N3O5S2/c1-31-9-8-24-15-10-16-17(30-12-29-16)11-18(15)32-22(24)23-21(28)13-2-4-14(5-3-13)25-19(26)6-7-20(25)27/h2-5,10-11H,6-9,12H2,1H3. The van der Waals surface area contributed by atoms with Gasteiger partial charge in [-0.3, -0.25) is 19.3 Å².